The van der Waals surface area contributed by atoms with Crippen LogP contribution in [0.1, 0.15) is 36.0 Å². The van der Waals surface area contributed by atoms with Gasteiger partial charge in [0.25, 0.3) is 5.91 Å². The van der Waals surface area contributed by atoms with Gasteiger partial charge in [-0.2, -0.15) is 9.36 Å². The first kappa shape index (κ1) is 18.3. The van der Waals surface area contributed by atoms with E-state index in [0.717, 1.165) is 32.4 Å². The number of hydrogen-bond acceptors (Lipinski definition) is 5. The molecule has 9 heteroatoms. The van der Waals surface area contributed by atoms with E-state index in [-0.39, 0.29) is 24.9 Å². The van der Waals surface area contributed by atoms with Crippen molar-refractivity contribution in [3.63, 3.8) is 0 Å². The summed E-state index contributed by atoms with van der Waals surface area (Å²) < 4.78 is 32.8. The molecular formula is C15H21N3O5S. The van der Waals surface area contributed by atoms with E-state index < -0.39 is 15.9 Å². The molecule has 1 aliphatic heterocycles. The fourth-order valence-corrected chi connectivity index (χ4v) is 3.00. The summed E-state index contributed by atoms with van der Waals surface area (Å²) in [6.07, 6.45) is 6.29. The lowest BCUT2D eigenvalue weighted by Crippen LogP contribution is -2.53. The van der Waals surface area contributed by atoms with Crippen molar-refractivity contribution in [2.45, 2.75) is 25.7 Å². The maximum absolute atomic E-state index is 12.3. The van der Waals surface area contributed by atoms with E-state index in [1.165, 1.54) is 29.1 Å². The van der Waals surface area contributed by atoms with Gasteiger partial charge in [0.15, 0.2) is 0 Å². The summed E-state index contributed by atoms with van der Waals surface area (Å²) in [7, 11) is -4.26. The Morgan fingerprint density at radius 3 is 2.38 bits per heavy atom. The summed E-state index contributed by atoms with van der Waals surface area (Å²) in [5, 5.41) is 2.54. The quantitative estimate of drug-likeness (QED) is 0.457. The minimum absolute atomic E-state index is 0.0673. The number of aromatic nitrogens is 1. The molecule has 0 aromatic carbocycles. The highest BCUT2D eigenvalue weighted by Crippen LogP contribution is 2.08. The van der Waals surface area contributed by atoms with Crippen LogP contribution >= 0.6 is 0 Å². The van der Waals surface area contributed by atoms with Crippen molar-refractivity contribution in [1.29, 1.82) is 0 Å². The van der Waals surface area contributed by atoms with Crippen LogP contribution in [0.2, 0.25) is 0 Å². The van der Waals surface area contributed by atoms with Crippen LogP contribution in [-0.2, 0) is 10.1 Å². The van der Waals surface area contributed by atoms with E-state index in [4.69, 9.17) is 0 Å². The van der Waals surface area contributed by atoms with Crippen molar-refractivity contribution in [2.75, 3.05) is 25.4 Å². The van der Waals surface area contributed by atoms with Gasteiger partial charge in [-0.3, -0.25) is 4.79 Å². The molecule has 0 unspecified atom stereocenters. The minimum atomic E-state index is -4.26. The van der Waals surface area contributed by atoms with Gasteiger partial charge in [0.05, 0.1) is 23.2 Å². The van der Waals surface area contributed by atoms with Gasteiger partial charge in [-0.25, -0.2) is 13.3 Å². The highest BCUT2D eigenvalue weighted by molar-refractivity contribution is 7.85. The lowest BCUT2D eigenvalue weighted by Gasteiger charge is -2.19. The maximum atomic E-state index is 12.3. The van der Waals surface area contributed by atoms with Gasteiger partial charge in [-0.05, 0) is 37.8 Å². The molecular weight excluding hydrogens is 334 g/mol. The third-order valence-electron chi connectivity index (χ3n) is 3.80. The second kappa shape index (κ2) is 8.20. The third kappa shape index (κ3) is 5.57. The number of nitrogens with one attached hydrogen (secondary N) is 1. The summed E-state index contributed by atoms with van der Waals surface area (Å²) in [4.78, 5) is 26.0. The van der Waals surface area contributed by atoms with Crippen LogP contribution < -0.4 is 9.88 Å². The molecule has 1 aliphatic rings. The molecule has 1 aromatic heterocycles. The smallest absolute Gasteiger partial charge is 0.497 e. The van der Waals surface area contributed by atoms with Crippen molar-refractivity contribution < 1.29 is 27.1 Å². The monoisotopic (exact) mass is 355 g/mol. The first-order valence-electron chi connectivity index (χ1n) is 7.89. The largest absolute Gasteiger partial charge is 0.748 e. The molecule has 2 heterocycles. The second-order valence-corrected chi connectivity index (χ2v) is 7.22. The Hall–Kier alpha value is -2.00. The Morgan fingerprint density at radius 2 is 1.79 bits per heavy atom. The molecule has 1 saturated heterocycles. The highest BCUT2D eigenvalue weighted by atomic mass is 32.2. The number of rotatable bonds is 5. The topological polar surface area (TPSA) is 110 Å². The van der Waals surface area contributed by atoms with Crippen LogP contribution in [0.25, 0.3) is 0 Å². The Kier molecular flexibility index (Phi) is 6.27. The molecule has 0 aliphatic carbocycles. The molecule has 0 saturated carbocycles. The van der Waals surface area contributed by atoms with Crippen LogP contribution in [-0.4, -0.2) is 55.2 Å². The van der Waals surface area contributed by atoms with Crippen molar-refractivity contribution in [2.24, 2.45) is 0 Å². The van der Waals surface area contributed by atoms with Crippen molar-refractivity contribution in [3.8, 4) is 0 Å². The first-order chi connectivity index (χ1) is 11.4. The van der Waals surface area contributed by atoms with Gasteiger partial charge in [-0.15, -0.1) is 0 Å². The Morgan fingerprint density at radius 1 is 1.17 bits per heavy atom. The molecule has 0 spiro atoms. The molecule has 8 nitrogen and oxygen atoms in total. The summed E-state index contributed by atoms with van der Waals surface area (Å²) in [6, 6.07) is 2.95. The SMILES string of the molecule is O=C(NCCCS(=O)(=O)[O-])c1cc[n+](C(=O)N2CCCCC2)cc1. The predicted octanol–water partition coefficient (Wildman–Crippen LogP) is 0.0932. The minimum Gasteiger partial charge on any atom is -0.748 e. The Bertz CT molecular complexity index is 682. The van der Waals surface area contributed by atoms with Crippen molar-refractivity contribution in [1.82, 2.24) is 10.2 Å². The lowest BCUT2D eigenvalue weighted by molar-refractivity contribution is -0.578. The number of carbonyl (C=O) groups is 2. The van der Waals surface area contributed by atoms with E-state index in [9.17, 15) is 22.6 Å². The van der Waals surface area contributed by atoms with Crippen LogP contribution in [0.5, 0.6) is 0 Å². The fraction of sp³-hybridized carbons (Fsp3) is 0.533. The number of carbonyl (C=O) groups excluding carboxylic acids is 2. The summed E-state index contributed by atoms with van der Waals surface area (Å²) >= 11 is 0. The normalized spacial score (nSPS) is 15.1. The van der Waals surface area contributed by atoms with Crippen LogP contribution in [0.15, 0.2) is 24.5 Å². The number of likely N-dealkylation sites (tertiary alicyclic amines) is 1. The zero-order chi connectivity index (χ0) is 17.6. The van der Waals surface area contributed by atoms with Crippen LogP contribution in [0.4, 0.5) is 4.79 Å². The van der Waals surface area contributed by atoms with Gasteiger partial charge in [0.1, 0.15) is 12.4 Å². The second-order valence-electron chi connectivity index (χ2n) is 5.70. The first-order valence-corrected chi connectivity index (χ1v) is 9.47. The fourth-order valence-electron chi connectivity index (χ4n) is 2.51. The molecule has 1 N–H and O–H groups in total. The molecule has 1 fully saturated rings. The van der Waals surface area contributed by atoms with Gasteiger partial charge in [0.2, 0.25) is 0 Å². The summed E-state index contributed by atoms with van der Waals surface area (Å²) in [5.74, 6) is -0.886. The lowest BCUT2D eigenvalue weighted by atomic mass is 10.1. The van der Waals surface area contributed by atoms with E-state index >= 15 is 0 Å². The molecule has 132 valence electrons. The van der Waals surface area contributed by atoms with E-state index in [2.05, 4.69) is 5.32 Å². The number of pyridine rings is 1. The molecule has 2 rings (SSSR count). The van der Waals surface area contributed by atoms with Gasteiger partial charge < -0.3 is 9.87 Å². The molecule has 24 heavy (non-hydrogen) atoms. The van der Waals surface area contributed by atoms with E-state index in [1.54, 1.807) is 4.90 Å². The van der Waals surface area contributed by atoms with E-state index in [1.807, 2.05) is 0 Å². The molecule has 0 radical (unpaired) electrons. The number of hydrogen-bond donors (Lipinski definition) is 1. The molecule has 0 bridgehead atoms. The Balaban J connectivity index is 1.86. The van der Waals surface area contributed by atoms with E-state index in [0.29, 0.717) is 5.56 Å². The van der Waals surface area contributed by atoms with Crippen LogP contribution in [0.3, 0.4) is 0 Å². The summed E-state index contributed by atoms with van der Waals surface area (Å²) in [5.41, 5.74) is 0.364. The summed E-state index contributed by atoms with van der Waals surface area (Å²) in [6.45, 7) is 1.59. The zero-order valence-corrected chi connectivity index (χ0v) is 14.1. The number of amides is 2. The van der Waals surface area contributed by atoms with Gasteiger partial charge in [-0.1, -0.05) is 0 Å². The zero-order valence-electron chi connectivity index (χ0n) is 13.3. The van der Waals surface area contributed by atoms with Gasteiger partial charge >= 0.3 is 6.03 Å². The molecule has 0 atom stereocenters. The van der Waals surface area contributed by atoms with Gasteiger partial charge in [0, 0.05) is 17.9 Å². The Labute approximate surface area is 141 Å². The predicted molar refractivity (Wildman–Crippen MR) is 84.4 cm³/mol. The number of piperidine rings is 1. The van der Waals surface area contributed by atoms with Crippen LogP contribution in [0, 0.1) is 0 Å². The molecule has 1 aromatic rings. The molecule has 2 amide bonds. The average Bonchev–Trinajstić information content (AvgIpc) is 2.58. The van der Waals surface area contributed by atoms with Crippen molar-refractivity contribution in [3.05, 3.63) is 30.1 Å². The third-order valence-corrected chi connectivity index (χ3v) is 4.58. The highest BCUT2D eigenvalue weighted by Gasteiger charge is 2.26. The maximum Gasteiger partial charge on any atom is 0.497 e. The van der Waals surface area contributed by atoms with Crippen molar-refractivity contribution >= 4 is 22.1 Å². The standard InChI is InChI=1S/C15H21N3O5S/c19-14(16-7-4-12-24(21,22)23)13-5-10-18(11-6-13)15(20)17-8-2-1-3-9-17/h5-6,10-11H,1-4,7-9,12H2,(H-,16,19,21,22,23). The average molecular weight is 355 g/mol. The number of nitrogens with zero attached hydrogens (tertiary/aromatic N) is 2.